The Balaban J connectivity index is 2.02. The van der Waals surface area contributed by atoms with E-state index in [0.717, 1.165) is 45.4 Å². The zero-order valence-electron chi connectivity index (χ0n) is 32.3. The largest absolute Gasteiger partial charge is 0.464 e. The molecule has 0 aromatic carbocycles. The van der Waals surface area contributed by atoms with E-state index >= 15 is 0 Å². The van der Waals surface area contributed by atoms with E-state index in [1.807, 2.05) is 0 Å². The second-order valence-corrected chi connectivity index (χ2v) is 14.6. The van der Waals surface area contributed by atoms with Crippen LogP contribution in [0.3, 0.4) is 0 Å². The van der Waals surface area contributed by atoms with Crippen LogP contribution in [0.25, 0.3) is 0 Å². The summed E-state index contributed by atoms with van der Waals surface area (Å²) in [5.41, 5.74) is 0. The minimum absolute atomic E-state index is 0.0381. The van der Waals surface area contributed by atoms with Crippen molar-refractivity contribution < 1.29 is 14.6 Å². The van der Waals surface area contributed by atoms with E-state index in [1.54, 1.807) is 0 Å². The second kappa shape index (κ2) is 35.6. The van der Waals surface area contributed by atoms with Gasteiger partial charge < -0.3 is 9.84 Å². The molecule has 1 fully saturated rings. The Morgan fingerprint density at radius 2 is 0.958 bits per heavy atom. The first-order chi connectivity index (χ1) is 23.7. The van der Waals surface area contributed by atoms with E-state index in [0.29, 0.717) is 19.2 Å². The molecule has 1 atom stereocenters. The molecule has 1 aliphatic heterocycles. The number of hydrogen-bond donors (Lipinski definition) is 1. The van der Waals surface area contributed by atoms with Crippen molar-refractivity contribution in [1.29, 1.82) is 0 Å². The fourth-order valence-corrected chi connectivity index (χ4v) is 7.06. The fraction of sp³-hybridized carbons (Fsp3) is 0.884. The van der Waals surface area contributed by atoms with Crippen molar-refractivity contribution in [3.63, 3.8) is 0 Å². The highest BCUT2D eigenvalue weighted by Crippen LogP contribution is 2.21. The SMILES string of the molecule is CCCCCCCC/C=C\CCCCCCCCC1N(CCO)CCN1CCOC(=O)CCCCCCC/C=C\CCCCCCCC. The lowest BCUT2D eigenvalue weighted by atomic mass is 10.1. The molecule has 1 N–H and O–H groups in total. The molecule has 1 aliphatic rings. The fourth-order valence-electron chi connectivity index (χ4n) is 7.06. The molecule has 48 heavy (non-hydrogen) atoms. The summed E-state index contributed by atoms with van der Waals surface area (Å²) in [5.74, 6) is -0.0381. The lowest BCUT2D eigenvalue weighted by Crippen LogP contribution is -2.41. The van der Waals surface area contributed by atoms with E-state index in [9.17, 15) is 9.90 Å². The average Bonchev–Trinajstić information content (AvgIpc) is 3.47. The van der Waals surface area contributed by atoms with Gasteiger partial charge in [0.2, 0.25) is 0 Å². The lowest BCUT2D eigenvalue weighted by molar-refractivity contribution is -0.144. The Bertz CT molecular complexity index is 740. The standard InChI is InChI=1S/C43H82N2O3/c1-3-5-7-9-11-13-15-17-19-21-22-24-26-28-30-32-34-42-44(38-40-46)36-37-45(42)39-41-48-43(47)35-33-31-29-27-25-23-20-18-16-14-12-10-8-6-4-2/h17-20,42,46H,3-16,21-41H2,1-2H3/b19-17-,20-18-. The Morgan fingerprint density at radius 3 is 1.42 bits per heavy atom. The molecule has 0 bridgehead atoms. The first-order valence-electron chi connectivity index (χ1n) is 21.3. The first-order valence-corrected chi connectivity index (χ1v) is 21.3. The quantitative estimate of drug-likeness (QED) is 0.0407. The number of hydrogen-bond acceptors (Lipinski definition) is 5. The molecule has 0 aromatic heterocycles. The number of aliphatic hydroxyl groups excluding tert-OH is 1. The smallest absolute Gasteiger partial charge is 0.305 e. The number of carbonyl (C=O) groups excluding carboxylic acids is 1. The zero-order valence-corrected chi connectivity index (χ0v) is 32.3. The summed E-state index contributed by atoms with van der Waals surface area (Å²) in [6.07, 6.45) is 46.8. The number of β-amino-alcohol motifs (C(OH)–C–C–N with tert-alkyl or cyclic N) is 1. The van der Waals surface area contributed by atoms with Crippen molar-refractivity contribution in [1.82, 2.24) is 9.80 Å². The molecule has 0 amide bonds. The number of allylic oxidation sites excluding steroid dienone is 4. The molecule has 1 rings (SSSR count). The molecule has 5 nitrogen and oxygen atoms in total. The number of rotatable bonds is 36. The second-order valence-electron chi connectivity index (χ2n) is 14.6. The van der Waals surface area contributed by atoms with E-state index in [2.05, 4.69) is 48.0 Å². The Kier molecular flexibility index (Phi) is 33.3. The van der Waals surface area contributed by atoms with Crippen LogP contribution in [0.5, 0.6) is 0 Å². The van der Waals surface area contributed by atoms with E-state index in [1.165, 1.54) is 161 Å². The maximum absolute atomic E-state index is 12.3. The van der Waals surface area contributed by atoms with Crippen LogP contribution in [0.15, 0.2) is 24.3 Å². The number of unbranched alkanes of at least 4 members (excludes halogenated alkanes) is 23. The maximum atomic E-state index is 12.3. The Hall–Kier alpha value is -1.17. The van der Waals surface area contributed by atoms with Gasteiger partial charge in [-0.1, -0.05) is 154 Å². The van der Waals surface area contributed by atoms with Crippen LogP contribution in [-0.2, 0) is 9.53 Å². The molecular weight excluding hydrogens is 592 g/mol. The number of ether oxygens (including phenoxy) is 1. The topological polar surface area (TPSA) is 53.0 Å². The van der Waals surface area contributed by atoms with Crippen LogP contribution in [0.2, 0.25) is 0 Å². The molecular formula is C43H82N2O3. The summed E-state index contributed by atoms with van der Waals surface area (Å²) in [7, 11) is 0. The maximum Gasteiger partial charge on any atom is 0.305 e. The third kappa shape index (κ3) is 27.6. The normalized spacial score (nSPS) is 15.9. The van der Waals surface area contributed by atoms with Gasteiger partial charge in [-0.05, 0) is 64.2 Å². The third-order valence-electron chi connectivity index (χ3n) is 10.2. The van der Waals surface area contributed by atoms with E-state index in [4.69, 9.17) is 4.74 Å². The van der Waals surface area contributed by atoms with Gasteiger partial charge in [-0.3, -0.25) is 14.6 Å². The Morgan fingerprint density at radius 1 is 0.562 bits per heavy atom. The first kappa shape index (κ1) is 44.9. The summed E-state index contributed by atoms with van der Waals surface area (Å²) in [6.45, 7) is 8.80. The predicted octanol–water partition coefficient (Wildman–Crippen LogP) is 11.9. The van der Waals surface area contributed by atoms with Crippen LogP contribution in [0.4, 0.5) is 0 Å². The zero-order chi connectivity index (χ0) is 34.6. The van der Waals surface area contributed by atoms with Crippen molar-refractivity contribution in [2.75, 3.05) is 39.4 Å². The predicted molar refractivity (Wildman–Crippen MR) is 208 cm³/mol. The van der Waals surface area contributed by atoms with Crippen LogP contribution in [0.1, 0.15) is 200 Å². The van der Waals surface area contributed by atoms with Gasteiger partial charge in [0.15, 0.2) is 0 Å². The summed E-state index contributed by atoms with van der Waals surface area (Å²) >= 11 is 0. The lowest BCUT2D eigenvalue weighted by Gasteiger charge is -2.30. The minimum Gasteiger partial charge on any atom is -0.464 e. The molecule has 1 heterocycles. The van der Waals surface area contributed by atoms with Crippen molar-refractivity contribution in [2.45, 2.75) is 206 Å². The molecule has 0 spiro atoms. The number of carbonyl (C=O) groups is 1. The van der Waals surface area contributed by atoms with Gasteiger partial charge >= 0.3 is 5.97 Å². The summed E-state index contributed by atoms with van der Waals surface area (Å²) in [6, 6.07) is 0. The van der Waals surface area contributed by atoms with E-state index in [-0.39, 0.29) is 12.6 Å². The minimum atomic E-state index is -0.0381. The monoisotopic (exact) mass is 675 g/mol. The summed E-state index contributed by atoms with van der Waals surface area (Å²) in [4.78, 5) is 17.2. The molecule has 0 aliphatic carbocycles. The van der Waals surface area contributed by atoms with Gasteiger partial charge in [-0.15, -0.1) is 0 Å². The molecule has 0 aromatic rings. The van der Waals surface area contributed by atoms with E-state index < -0.39 is 0 Å². The van der Waals surface area contributed by atoms with Crippen molar-refractivity contribution in [3.8, 4) is 0 Å². The molecule has 5 heteroatoms. The highest BCUT2D eigenvalue weighted by molar-refractivity contribution is 5.69. The molecule has 1 saturated heterocycles. The highest BCUT2D eigenvalue weighted by atomic mass is 16.5. The van der Waals surface area contributed by atoms with Gasteiger partial charge in [-0.25, -0.2) is 0 Å². The van der Waals surface area contributed by atoms with Crippen LogP contribution in [0, 0.1) is 0 Å². The van der Waals surface area contributed by atoms with Gasteiger partial charge in [-0.2, -0.15) is 0 Å². The third-order valence-corrected chi connectivity index (χ3v) is 10.2. The van der Waals surface area contributed by atoms with Crippen molar-refractivity contribution in [3.05, 3.63) is 24.3 Å². The number of aliphatic hydroxyl groups is 1. The molecule has 282 valence electrons. The van der Waals surface area contributed by atoms with Crippen molar-refractivity contribution in [2.24, 2.45) is 0 Å². The van der Waals surface area contributed by atoms with Gasteiger partial charge in [0, 0.05) is 32.6 Å². The molecule has 1 unspecified atom stereocenters. The van der Waals surface area contributed by atoms with Gasteiger partial charge in [0.1, 0.15) is 6.61 Å². The van der Waals surface area contributed by atoms with Crippen LogP contribution < -0.4 is 0 Å². The van der Waals surface area contributed by atoms with Crippen LogP contribution in [-0.4, -0.2) is 66.4 Å². The summed E-state index contributed by atoms with van der Waals surface area (Å²) < 4.78 is 5.64. The Labute approximate surface area is 299 Å². The number of nitrogens with zero attached hydrogens (tertiary/aromatic N) is 2. The molecule has 0 saturated carbocycles. The van der Waals surface area contributed by atoms with Crippen LogP contribution >= 0.6 is 0 Å². The molecule has 0 radical (unpaired) electrons. The van der Waals surface area contributed by atoms with Crippen molar-refractivity contribution >= 4 is 5.97 Å². The number of esters is 1. The summed E-state index contributed by atoms with van der Waals surface area (Å²) in [5, 5.41) is 9.59. The van der Waals surface area contributed by atoms with Gasteiger partial charge in [0.25, 0.3) is 0 Å². The highest BCUT2D eigenvalue weighted by Gasteiger charge is 2.30. The van der Waals surface area contributed by atoms with Gasteiger partial charge in [0.05, 0.1) is 12.8 Å². The average molecular weight is 675 g/mol.